The van der Waals surface area contributed by atoms with E-state index in [2.05, 4.69) is 50.1 Å². The molecule has 0 saturated carbocycles. The second kappa shape index (κ2) is 5.06. The quantitative estimate of drug-likeness (QED) is 0.563. The number of nitrogens with zero attached hydrogens (tertiary/aromatic N) is 4. The summed E-state index contributed by atoms with van der Waals surface area (Å²) in [7, 11) is 0. The predicted octanol–water partition coefficient (Wildman–Crippen LogP) is 3.46. The van der Waals surface area contributed by atoms with Crippen molar-refractivity contribution in [2.75, 3.05) is 10.6 Å². The fourth-order valence-electron chi connectivity index (χ4n) is 3.03. The van der Waals surface area contributed by atoms with Crippen molar-refractivity contribution >= 4 is 22.7 Å². The van der Waals surface area contributed by atoms with Gasteiger partial charge in [-0.2, -0.15) is 14.8 Å². The maximum atomic E-state index is 4.42. The van der Waals surface area contributed by atoms with Crippen molar-refractivity contribution in [1.29, 1.82) is 0 Å². The molecular weight excluding hydrogens is 300 g/mol. The number of rotatable bonds is 1. The Morgan fingerprint density at radius 3 is 2.92 bits per heavy atom. The van der Waals surface area contributed by atoms with E-state index in [0.717, 1.165) is 45.9 Å². The minimum atomic E-state index is 0.739. The fraction of sp³-hybridized carbons (Fsp3) is 0.0556. The van der Waals surface area contributed by atoms with Gasteiger partial charge in [0.2, 0.25) is 0 Å². The highest BCUT2D eigenvalue weighted by molar-refractivity contribution is 5.86. The van der Waals surface area contributed by atoms with Crippen molar-refractivity contribution in [1.82, 2.24) is 19.8 Å². The molecule has 1 aliphatic heterocycles. The van der Waals surface area contributed by atoms with Crippen LogP contribution in [0.4, 0.5) is 17.2 Å². The van der Waals surface area contributed by atoms with Gasteiger partial charge in [-0.3, -0.25) is 0 Å². The normalized spacial score (nSPS) is 12.7. The second-order valence-corrected chi connectivity index (χ2v) is 5.71. The molecule has 0 bridgehead atoms. The number of nitrogens with one attached hydrogen (secondary N) is 2. The molecule has 0 fully saturated rings. The first kappa shape index (κ1) is 13.1. The van der Waals surface area contributed by atoms with Crippen LogP contribution in [0.2, 0.25) is 0 Å². The monoisotopic (exact) mass is 314 g/mol. The Bertz CT molecular complexity index is 1050. The zero-order valence-corrected chi connectivity index (χ0v) is 12.8. The van der Waals surface area contributed by atoms with Crippen molar-refractivity contribution in [3.05, 3.63) is 66.6 Å². The van der Waals surface area contributed by atoms with Crippen LogP contribution < -0.4 is 10.6 Å². The Morgan fingerprint density at radius 1 is 0.958 bits per heavy atom. The van der Waals surface area contributed by atoms with Gasteiger partial charge in [0.1, 0.15) is 5.82 Å². The third-order valence-electron chi connectivity index (χ3n) is 4.25. The van der Waals surface area contributed by atoms with Gasteiger partial charge in [0.05, 0.1) is 23.1 Å². The van der Waals surface area contributed by atoms with Gasteiger partial charge < -0.3 is 10.6 Å². The molecule has 0 atom stereocenters. The van der Waals surface area contributed by atoms with Gasteiger partial charge in [-0.1, -0.05) is 12.1 Å². The largest absolute Gasteiger partial charge is 0.379 e. The minimum absolute atomic E-state index is 0.739. The summed E-state index contributed by atoms with van der Waals surface area (Å²) in [6.45, 7) is 0.739. The van der Waals surface area contributed by atoms with Crippen molar-refractivity contribution in [2.45, 2.75) is 6.54 Å². The molecule has 4 aromatic rings. The molecule has 6 heteroatoms. The molecule has 1 aromatic carbocycles. The van der Waals surface area contributed by atoms with E-state index in [1.807, 2.05) is 24.4 Å². The van der Waals surface area contributed by atoms with E-state index in [1.54, 1.807) is 17.0 Å². The zero-order chi connectivity index (χ0) is 15.9. The molecule has 0 amide bonds. The smallest absolute Gasteiger partial charge is 0.135 e. The first-order valence-electron chi connectivity index (χ1n) is 7.77. The molecule has 1 aliphatic rings. The molecule has 4 heterocycles. The van der Waals surface area contributed by atoms with Crippen LogP contribution in [-0.2, 0) is 6.54 Å². The first-order valence-corrected chi connectivity index (χ1v) is 7.77. The van der Waals surface area contributed by atoms with E-state index < -0.39 is 0 Å². The Kier molecular flexibility index (Phi) is 2.75. The average Bonchev–Trinajstić information content (AvgIpc) is 2.97. The number of aromatic nitrogens is 4. The molecule has 0 radical (unpaired) electrons. The van der Waals surface area contributed by atoms with E-state index in [-0.39, 0.29) is 0 Å². The van der Waals surface area contributed by atoms with Gasteiger partial charge >= 0.3 is 0 Å². The Balaban J connectivity index is 1.60. The summed E-state index contributed by atoms with van der Waals surface area (Å²) in [6, 6.07) is 14.3. The van der Waals surface area contributed by atoms with Crippen LogP contribution in [0.5, 0.6) is 0 Å². The number of hydrogen-bond acceptors (Lipinski definition) is 5. The van der Waals surface area contributed by atoms with Gasteiger partial charge in [-0.05, 0) is 35.9 Å². The molecule has 24 heavy (non-hydrogen) atoms. The van der Waals surface area contributed by atoms with E-state index >= 15 is 0 Å². The topological polar surface area (TPSA) is 67.1 Å². The van der Waals surface area contributed by atoms with Gasteiger partial charge in [0.15, 0.2) is 0 Å². The summed E-state index contributed by atoms with van der Waals surface area (Å²) < 4.78 is 1.65. The number of hydrogen-bond donors (Lipinski definition) is 2. The molecule has 5 rings (SSSR count). The summed E-state index contributed by atoms with van der Waals surface area (Å²) in [6.07, 6.45) is 5.39. The lowest BCUT2D eigenvalue weighted by Gasteiger charge is -2.10. The molecule has 0 aliphatic carbocycles. The van der Waals surface area contributed by atoms with Crippen LogP contribution in [0, 0.1) is 0 Å². The van der Waals surface area contributed by atoms with Gasteiger partial charge in [-0.15, -0.1) is 0 Å². The summed E-state index contributed by atoms with van der Waals surface area (Å²) in [5, 5.41) is 15.4. The SMILES string of the molecule is c1cnc2c(c1)CNc1cc(-c3cnn4ncccc34)ccc1N2. The summed E-state index contributed by atoms with van der Waals surface area (Å²) in [5.74, 6) is 0.900. The maximum Gasteiger partial charge on any atom is 0.135 e. The molecule has 0 unspecified atom stereocenters. The molecule has 2 N–H and O–H groups in total. The van der Waals surface area contributed by atoms with Gasteiger partial charge in [-0.25, -0.2) is 4.98 Å². The fourth-order valence-corrected chi connectivity index (χ4v) is 3.03. The minimum Gasteiger partial charge on any atom is -0.379 e. The van der Waals surface area contributed by atoms with E-state index in [0.29, 0.717) is 0 Å². The van der Waals surface area contributed by atoms with Crippen molar-refractivity contribution in [3.8, 4) is 11.1 Å². The summed E-state index contributed by atoms with van der Waals surface area (Å²) in [5.41, 5.74) is 6.37. The average molecular weight is 314 g/mol. The van der Waals surface area contributed by atoms with Crippen molar-refractivity contribution in [3.63, 3.8) is 0 Å². The number of benzene rings is 1. The van der Waals surface area contributed by atoms with Crippen molar-refractivity contribution < 1.29 is 0 Å². The van der Waals surface area contributed by atoms with Gasteiger partial charge in [0, 0.05) is 30.1 Å². The predicted molar refractivity (Wildman–Crippen MR) is 93.3 cm³/mol. The van der Waals surface area contributed by atoms with Crippen LogP contribution in [-0.4, -0.2) is 19.8 Å². The van der Waals surface area contributed by atoms with Crippen LogP contribution in [0.3, 0.4) is 0 Å². The van der Waals surface area contributed by atoms with E-state index in [9.17, 15) is 0 Å². The lowest BCUT2D eigenvalue weighted by molar-refractivity contribution is 0.800. The molecule has 3 aromatic heterocycles. The molecule has 6 nitrogen and oxygen atoms in total. The van der Waals surface area contributed by atoms with Crippen molar-refractivity contribution in [2.24, 2.45) is 0 Å². The maximum absolute atomic E-state index is 4.42. The van der Waals surface area contributed by atoms with E-state index in [4.69, 9.17) is 0 Å². The number of fused-ring (bicyclic) bond motifs is 3. The molecule has 0 spiro atoms. The third-order valence-corrected chi connectivity index (χ3v) is 4.25. The Labute approximate surface area is 138 Å². The Hall–Kier alpha value is -3.41. The van der Waals surface area contributed by atoms with Crippen LogP contribution >= 0.6 is 0 Å². The molecule has 116 valence electrons. The highest BCUT2D eigenvalue weighted by Gasteiger charge is 2.14. The van der Waals surface area contributed by atoms with Crippen LogP contribution in [0.1, 0.15) is 5.56 Å². The number of pyridine rings is 1. The van der Waals surface area contributed by atoms with Crippen LogP contribution in [0.15, 0.2) is 61.1 Å². The standard InChI is InChI=1S/C18H14N6/c1-3-13-10-20-16-9-12(5-6-15(16)23-18(13)19-7-1)14-11-22-24-17(14)4-2-8-21-24/h1-9,11,20H,10H2,(H,19,23). The first-order chi connectivity index (χ1) is 11.9. The summed E-state index contributed by atoms with van der Waals surface area (Å²) >= 11 is 0. The highest BCUT2D eigenvalue weighted by Crippen LogP contribution is 2.35. The zero-order valence-electron chi connectivity index (χ0n) is 12.8. The highest BCUT2D eigenvalue weighted by atomic mass is 15.4. The molecule has 0 saturated heterocycles. The van der Waals surface area contributed by atoms with E-state index in [1.165, 1.54) is 0 Å². The van der Waals surface area contributed by atoms with Gasteiger partial charge in [0.25, 0.3) is 0 Å². The Morgan fingerprint density at radius 2 is 1.92 bits per heavy atom. The summed E-state index contributed by atoms with van der Waals surface area (Å²) in [4.78, 5) is 4.42. The lowest BCUT2D eigenvalue weighted by Crippen LogP contribution is -1.98. The third kappa shape index (κ3) is 2.00. The van der Waals surface area contributed by atoms with Crippen LogP contribution in [0.25, 0.3) is 16.6 Å². The molecular formula is C18H14N6. The lowest BCUT2D eigenvalue weighted by atomic mass is 10.1. The number of anilines is 3. The second-order valence-electron chi connectivity index (χ2n) is 5.71.